The van der Waals surface area contributed by atoms with Gasteiger partial charge in [0.2, 0.25) is 0 Å². The average Bonchev–Trinajstić information content (AvgIpc) is 3.90. The molecule has 0 aliphatic rings. The summed E-state index contributed by atoms with van der Waals surface area (Å²) in [6, 6.07) is 87.0. The summed E-state index contributed by atoms with van der Waals surface area (Å²) >= 11 is 0. The Morgan fingerprint density at radius 3 is 1.30 bits per heavy atom. The first kappa shape index (κ1) is 37.7. The Balaban J connectivity index is 0.884. The fraction of sp³-hybridized carbons (Fsp3) is 0. The average molecular weight is 841 g/mol. The van der Waals surface area contributed by atoms with E-state index in [9.17, 15) is 0 Å². The van der Waals surface area contributed by atoms with Crippen LogP contribution in [0.15, 0.2) is 243 Å². The zero-order valence-corrected chi connectivity index (χ0v) is 35.9. The molecule has 3 aromatic heterocycles. The molecule has 0 aliphatic heterocycles. The van der Waals surface area contributed by atoms with Crippen LogP contribution in [0.1, 0.15) is 0 Å². The Labute approximate surface area is 382 Å². The fourth-order valence-corrected chi connectivity index (χ4v) is 9.88. The van der Waals surface area contributed by atoms with Gasteiger partial charge in [0, 0.05) is 49.6 Å². The van der Waals surface area contributed by atoms with Crippen molar-refractivity contribution in [1.82, 2.24) is 19.1 Å². The van der Waals surface area contributed by atoms with Crippen LogP contribution in [0.25, 0.3) is 122 Å². The van der Waals surface area contributed by atoms with E-state index in [2.05, 4.69) is 228 Å². The highest BCUT2D eigenvalue weighted by Gasteiger charge is 2.17. The molecule has 13 rings (SSSR count). The quantitative estimate of drug-likeness (QED) is 0.160. The maximum atomic E-state index is 5.10. The molecule has 0 bridgehead atoms. The minimum Gasteiger partial charge on any atom is -0.309 e. The van der Waals surface area contributed by atoms with Crippen LogP contribution in [0.5, 0.6) is 0 Å². The van der Waals surface area contributed by atoms with Gasteiger partial charge < -0.3 is 9.13 Å². The van der Waals surface area contributed by atoms with Gasteiger partial charge in [-0.2, -0.15) is 0 Å². The largest absolute Gasteiger partial charge is 0.309 e. The van der Waals surface area contributed by atoms with Gasteiger partial charge in [0.05, 0.1) is 33.5 Å². The van der Waals surface area contributed by atoms with E-state index in [1.165, 1.54) is 76.8 Å². The second kappa shape index (κ2) is 15.4. The van der Waals surface area contributed by atoms with Gasteiger partial charge in [0.25, 0.3) is 0 Å². The molecule has 3 heterocycles. The summed E-state index contributed by atoms with van der Waals surface area (Å²) in [6.07, 6.45) is 0. The third-order valence-electron chi connectivity index (χ3n) is 13.1. The van der Waals surface area contributed by atoms with Gasteiger partial charge in [-0.3, -0.25) is 0 Å². The normalized spacial score (nSPS) is 11.6. The van der Waals surface area contributed by atoms with Crippen LogP contribution < -0.4 is 0 Å². The summed E-state index contributed by atoms with van der Waals surface area (Å²) in [6.45, 7) is 0. The monoisotopic (exact) mass is 840 g/mol. The van der Waals surface area contributed by atoms with E-state index in [1.807, 2.05) is 24.3 Å². The summed E-state index contributed by atoms with van der Waals surface area (Å²) < 4.78 is 4.77. The lowest BCUT2D eigenvalue weighted by molar-refractivity contribution is 1.17. The fourth-order valence-electron chi connectivity index (χ4n) is 9.88. The molecule has 0 N–H and O–H groups in total. The molecule has 0 radical (unpaired) electrons. The van der Waals surface area contributed by atoms with Gasteiger partial charge in [-0.1, -0.05) is 170 Å². The molecule has 13 aromatic rings. The first-order valence-corrected chi connectivity index (χ1v) is 22.5. The zero-order valence-electron chi connectivity index (χ0n) is 35.9. The van der Waals surface area contributed by atoms with Crippen LogP contribution in [0, 0.1) is 0 Å². The minimum absolute atomic E-state index is 0.709. The van der Waals surface area contributed by atoms with Crippen molar-refractivity contribution < 1.29 is 0 Å². The maximum absolute atomic E-state index is 5.10. The van der Waals surface area contributed by atoms with Crippen molar-refractivity contribution >= 4 is 54.4 Å². The number of hydrogen-bond donors (Lipinski definition) is 0. The van der Waals surface area contributed by atoms with Crippen molar-refractivity contribution in [3.8, 4) is 67.5 Å². The topological polar surface area (TPSA) is 35.6 Å². The van der Waals surface area contributed by atoms with E-state index in [1.54, 1.807) is 0 Å². The van der Waals surface area contributed by atoms with Crippen LogP contribution in [-0.2, 0) is 0 Å². The van der Waals surface area contributed by atoms with Crippen molar-refractivity contribution in [2.45, 2.75) is 0 Å². The van der Waals surface area contributed by atoms with Crippen LogP contribution in [0.4, 0.5) is 0 Å². The second-order valence-electron chi connectivity index (χ2n) is 17.0. The third kappa shape index (κ3) is 6.38. The van der Waals surface area contributed by atoms with Crippen LogP contribution in [0.2, 0.25) is 0 Å². The van der Waals surface area contributed by atoms with Gasteiger partial charge in [-0.25, -0.2) is 9.97 Å². The number of benzene rings is 10. The van der Waals surface area contributed by atoms with E-state index in [-0.39, 0.29) is 0 Å². The van der Waals surface area contributed by atoms with Crippen molar-refractivity contribution in [2.75, 3.05) is 0 Å². The van der Waals surface area contributed by atoms with Crippen molar-refractivity contribution in [3.63, 3.8) is 0 Å². The summed E-state index contributed by atoms with van der Waals surface area (Å²) in [5.41, 5.74) is 16.6. The highest BCUT2D eigenvalue weighted by atomic mass is 15.0. The summed E-state index contributed by atoms with van der Waals surface area (Å²) in [5.74, 6) is 0.709. The molecule has 0 unspecified atom stereocenters. The molecule has 66 heavy (non-hydrogen) atoms. The molecule has 0 saturated heterocycles. The SMILES string of the molecule is c1ccc(-c2cc(-c3ccc(-n4c5ccc(-c6ccc(-c7ccc8c(c7)c7ccccc7n8-c7ccccc7)cc6)cc5c5cc6ccccc6cc54)cc3)nc(-c3ccccc3)n2)cc1. The molecule has 0 aliphatic carbocycles. The number of fused-ring (bicyclic) bond motifs is 7. The predicted octanol–water partition coefficient (Wildman–Crippen LogP) is 16.2. The molecule has 4 heteroatoms. The Morgan fingerprint density at radius 1 is 0.242 bits per heavy atom. The number of para-hydroxylation sites is 2. The number of rotatable bonds is 7. The molecule has 10 aromatic carbocycles. The Hall–Kier alpha value is -8.86. The predicted molar refractivity (Wildman–Crippen MR) is 275 cm³/mol. The molecule has 0 fully saturated rings. The van der Waals surface area contributed by atoms with Crippen molar-refractivity contribution in [3.05, 3.63) is 243 Å². The van der Waals surface area contributed by atoms with Gasteiger partial charge >= 0.3 is 0 Å². The molecular weight excluding hydrogens is 801 g/mol. The molecule has 0 amide bonds. The van der Waals surface area contributed by atoms with Crippen LogP contribution >= 0.6 is 0 Å². The van der Waals surface area contributed by atoms with E-state index >= 15 is 0 Å². The van der Waals surface area contributed by atoms with Gasteiger partial charge in [-0.15, -0.1) is 0 Å². The second-order valence-corrected chi connectivity index (χ2v) is 17.0. The number of hydrogen-bond acceptors (Lipinski definition) is 2. The van der Waals surface area contributed by atoms with E-state index in [0.29, 0.717) is 5.82 Å². The van der Waals surface area contributed by atoms with Crippen molar-refractivity contribution in [1.29, 1.82) is 0 Å². The number of nitrogens with zero attached hydrogens (tertiary/aromatic N) is 4. The highest BCUT2D eigenvalue weighted by molar-refractivity contribution is 6.15. The smallest absolute Gasteiger partial charge is 0.160 e. The van der Waals surface area contributed by atoms with E-state index in [4.69, 9.17) is 9.97 Å². The lowest BCUT2D eigenvalue weighted by Gasteiger charge is -2.12. The molecule has 0 atom stereocenters. The van der Waals surface area contributed by atoms with E-state index in [0.717, 1.165) is 39.3 Å². The standard InChI is InChI=1S/C62H40N4/c1-4-14-43(15-5-1)56-40-57(64-62(63-56)45-16-6-2-7-17-45)44-28-32-51(33-29-44)66-60-35-31-49(38-54(60)55-36-46-18-10-11-19-47(46)39-61(55)66)42-26-24-41(25-27-42)48-30-34-59-53(37-48)52-22-12-13-23-58(52)65(59)50-20-8-3-9-21-50/h1-40H. The number of aromatic nitrogens is 4. The first-order chi connectivity index (χ1) is 32.7. The molecular formula is C62H40N4. The summed E-state index contributed by atoms with van der Waals surface area (Å²) in [5, 5.41) is 7.40. The Bertz CT molecular complexity index is 3890. The molecule has 308 valence electrons. The van der Waals surface area contributed by atoms with E-state index < -0.39 is 0 Å². The Morgan fingerprint density at radius 2 is 0.667 bits per heavy atom. The van der Waals surface area contributed by atoms with Gasteiger partial charge in [-0.05, 0) is 106 Å². The van der Waals surface area contributed by atoms with Crippen LogP contribution in [-0.4, -0.2) is 19.1 Å². The lowest BCUT2D eigenvalue weighted by atomic mass is 9.98. The molecule has 4 nitrogen and oxygen atoms in total. The molecule has 0 spiro atoms. The lowest BCUT2D eigenvalue weighted by Crippen LogP contribution is -1.97. The summed E-state index contributed by atoms with van der Waals surface area (Å²) in [7, 11) is 0. The summed E-state index contributed by atoms with van der Waals surface area (Å²) in [4.78, 5) is 10.1. The first-order valence-electron chi connectivity index (χ1n) is 22.5. The highest BCUT2D eigenvalue weighted by Crippen LogP contribution is 2.39. The third-order valence-corrected chi connectivity index (χ3v) is 13.1. The molecule has 0 saturated carbocycles. The minimum atomic E-state index is 0.709. The van der Waals surface area contributed by atoms with Crippen molar-refractivity contribution in [2.24, 2.45) is 0 Å². The van der Waals surface area contributed by atoms with Gasteiger partial charge in [0.15, 0.2) is 5.82 Å². The van der Waals surface area contributed by atoms with Crippen LogP contribution in [0.3, 0.4) is 0 Å². The zero-order chi connectivity index (χ0) is 43.6. The maximum Gasteiger partial charge on any atom is 0.160 e. The Kier molecular flexibility index (Phi) is 8.81. The van der Waals surface area contributed by atoms with Gasteiger partial charge in [0.1, 0.15) is 0 Å².